The van der Waals surface area contributed by atoms with Crippen molar-refractivity contribution >= 4 is 26.6 Å². The van der Waals surface area contributed by atoms with Gasteiger partial charge in [0.05, 0.1) is 16.5 Å². The summed E-state index contributed by atoms with van der Waals surface area (Å²) in [5.74, 6) is 1.49. The van der Waals surface area contributed by atoms with Crippen LogP contribution in [0.5, 0.6) is 5.75 Å². The molecule has 0 radical (unpaired) electrons. The Kier molecular flexibility index (Phi) is 5.17. The maximum absolute atomic E-state index is 11.9. The number of hydrogen-bond acceptors (Lipinski definition) is 6. The van der Waals surface area contributed by atoms with E-state index in [9.17, 15) is 8.42 Å². The van der Waals surface area contributed by atoms with E-state index in [1.165, 1.54) is 25.4 Å². The van der Waals surface area contributed by atoms with Crippen LogP contribution in [0, 0.1) is 0 Å². The van der Waals surface area contributed by atoms with Crippen molar-refractivity contribution in [1.29, 1.82) is 0 Å². The number of rotatable bonds is 6. The van der Waals surface area contributed by atoms with E-state index in [1.807, 2.05) is 24.3 Å². The minimum absolute atomic E-state index is 0.253. The van der Waals surface area contributed by atoms with E-state index in [0.717, 1.165) is 24.2 Å². The number of nitrogens with one attached hydrogen (secondary N) is 1. The number of anilines is 1. The summed E-state index contributed by atoms with van der Waals surface area (Å²) >= 11 is 0. The Balaban J connectivity index is 1.59. The van der Waals surface area contributed by atoms with E-state index in [1.54, 1.807) is 18.2 Å². The second-order valence-corrected chi connectivity index (χ2v) is 9.17. The van der Waals surface area contributed by atoms with E-state index in [-0.39, 0.29) is 4.90 Å². The van der Waals surface area contributed by atoms with Crippen LogP contribution in [0.2, 0.25) is 0 Å². The predicted molar refractivity (Wildman–Crippen MR) is 109 cm³/mol. The molecule has 0 amide bonds. The zero-order chi connectivity index (χ0) is 19.6. The standard InChI is InChI=1S/C21H23N3O3S/c1-28(25,26)17-10-11-19-18(12-17)21(24-14-23-19)22-13-15-6-2-5-9-20(15)27-16-7-3-4-8-16/h2,5-6,9-12,14,16H,3-4,7-8,13H2,1H3,(H,22,23,24). The van der Waals surface area contributed by atoms with Gasteiger partial charge in [0.25, 0.3) is 0 Å². The van der Waals surface area contributed by atoms with Crippen molar-refractivity contribution in [2.24, 2.45) is 0 Å². The molecule has 146 valence electrons. The van der Waals surface area contributed by atoms with Crippen LogP contribution in [0.1, 0.15) is 31.2 Å². The molecule has 1 aromatic heterocycles. The Hall–Kier alpha value is -2.67. The Labute approximate surface area is 164 Å². The molecule has 28 heavy (non-hydrogen) atoms. The fourth-order valence-electron chi connectivity index (χ4n) is 3.54. The summed E-state index contributed by atoms with van der Waals surface area (Å²) in [4.78, 5) is 8.81. The Morgan fingerprint density at radius 2 is 1.89 bits per heavy atom. The topological polar surface area (TPSA) is 81.2 Å². The monoisotopic (exact) mass is 397 g/mol. The van der Waals surface area contributed by atoms with E-state index in [2.05, 4.69) is 15.3 Å². The second kappa shape index (κ2) is 7.75. The van der Waals surface area contributed by atoms with Crippen LogP contribution in [-0.4, -0.2) is 30.7 Å². The maximum Gasteiger partial charge on any atom is 0.175 e. The summed E-state index contributed by atoms with van der Waals surface area (Å²) in [6.07, 6.45) is 7.62. The molecule has 0 aliphatic heterocycles. The quantitative estimate of drug-likeness (QED) is 0.678. The van der Waals surface area contributed by atoms with Crippen molar-refractivity contribution in [3.63, 3.8) is 0 Å². The van der Waals surface area contributed by atoms with Gasteiger partial charge < -0.3 is 10.1 Å². The minimum Gasteiger partial charge on any atom is -0.490 e. The molecule has 1 fully saturated rings. The van der Waals surface area contributed by atoms with Gasteiger partial charge in [-0.25, -0.2) is 18.4 Å². The molecule has 1 aliphatic carbocycles. The van der Waals surface area contributed by atoms with Crippen molar-refractivity contribution in [3.05, 3.63) is 54.4 Å². The normalized spacial score (nSPS) is 15.0. The Bertz CT molecular complexity index is 1090. The van der Waals surface area contributed by atoms with Gasteiger partial charge in [-0.05, 0) is 49.9 Å². The fraction of sp³-hybridized carbons (Fsp3) is 0.333. The predicted octanol–water partition coefficient (Wildman–Crippen LogP) is 3.97. The zero-order valence-electron chi connectivity index (χ0n) is 15.8. The van der Waals surface area contributed by atoms with Crippen LogP contribution in [0.25, 0.3) is 10.9 Å². The zero-order valence-corrected chi connectivity index (χ0v) is 16.6. The average Bonchev–Trinajstić information content (AvgIpc) is 3.19. The molecule has 1 saturated carbocycles. The molecule has 6 nitrogen and oxygen atoms in total. The van der Waals surface area contributed by atoms with Gasteiger partial charge in [-0.3, -0.25) is 0 Å². The largest absolute Gasteiger partial charge is 0.490 e. The summed E-state index contributed by atoms with van der Waals surface area (Å²) in [6.45, 7) is 0.526. The lowest BCUT2D eigenvalue weighted by molar-refractivity contribution is 0.208. The van der Waals surface area contributed by atoms with Gasteiger partial charge in [0.15, 0.2) is 9.84 Å². The van der Waals surface area contributed by atoms with E-state index in [0.29, 0.717) is 29.4 Å². The molecule has 0 saturated heterocycles. The Morgan fingerprint density at radius 3 is 2.68 bits per heavy atom. The number of ether oxygens (including phenoxy) is 1. The molecule has 1 aliphatic rings. The van der Waals surface area contributed by atoms with Crippen molar-refractivity contribution < 1.29 is 13.2 Å². The van der Waals surface area contributed by atoms with Gasteiger partial charge >= 0.3 is 0 Å². The minimum atomic E-state index is -3.30. The van der Waals surface area contributed by atoms with Crippen LogP contribution < -0.4 is 10.1 Å². The highest BCUT2D eigenvalue weighted by atomic mass is 32.2. The number of nitrogens with zero attached hydrogens (tertiary/aromatic N) is 2. The van der Waals surface area contributed by atoms with Crippen LogP contribution in [0.15, 0.2) is 53.7 Å². The third-order valence-electron chi connectivity index (χ3n) is 5.05. The number of sulfone groups is 1. The third-order valence-corrected chi connectivity index (χ3v) is 6.16. The van der Waals surface area contributed by atoms with E-state index in [4.69, 9.17) is 4.74 Å². The summed E-state index contributed by atoms with van der Waals surface area (Å²) in [7, 11) is -3.30. The smallest absolute Gasteiger partial charge is 0.175 e. The first-order valence-corrected chi connectivity index (χ1v) is 11.3. The van der Waals surface area contributed by atoms with Crippen LogP contribution in [0.3, 0.4) is 0 Å². The molecule has 7 heteroatoms. The molecule has 1 N–H and O–H groups in total. The van der Waals surface area contributed by atoms with Gasteiger partial charge in [-0.1, -0.05) is 18.2 Å². The highest BCUT2D eigenvalue weighted by molar-refractivity contribution is 7.90. The maximum atomic E-state index is 11.9. The molecule has 0 spiro atoms. The van der Waals surface area contributed by atoms with Gasteiger partial charge in [-0.2, -0.15) is 0 Å². The lowest BCUT2D eigenvalue weighted by Gasteiger charge is -2.17. The molecule has 0 atom stereocenters. The van der Waals surface area contributed by atoms with E-state index >= 15 is 0 Å². The third kappa shape index (κ3) is 4.09. The first-order chi connectivity index (χ1) is 13.5. The number of hydrogen-bond donors (Lipinski definition) is 1. The number of para-hydroxylation sites is 1. The van der Waals surface area contributed by atoms with E-state index < -0.39 is 9.84 Å². The summed E-state index contributed by atoms with van der Waals surface area (Å²) in [5.41, 5.74) is 1.74. The van der Waals surface area contributed by atoms with Gasteiger partial charge in [-0.15, -0.1) is 0 Å². The molecule has 0 unspecified atom stereocenters. The molecule has 1 heterocycles. The fourth-order valence-corrected chi connectivity index (χ4v) is 4.18. The van der Waals surface area contributed by atoms with Gasteiger partial charge in [0.2, 0.25) is 0 Å². The first-order valence-electron chi connectivity index (χ1n) is 9.44. The molecular formula is C21H23N3O3S. The average molecular weight is 398 g/mol. The molecule has 3 aromatic rings. The number of aromatic nitrogens is 2. The SMILES string of the molecule is CS(=O)(=O)c1ccc2ncnc(NCc3ccccc3OC3CCCC3)c2c1. The molecule has 4 rings (SSSR count). The summed E-state index contributed by atoms with van der Waals surface area (Å²) in [5, 5.41) is 4.00. The number of fused-ring (bicyclic) bond motifs is 1. The second-order valence-electron chi connectivity index (χ2n) is 7.16. The van der Waals surface area contributed by atoms with Crippen molar-refractivity contribution in [2.45, 2.75) is 43.2 Å². The number of benzene rings is 2. The molecular weight excluding hydrogens is 374 g/mol. The van der Waals surface area contributed by atoms with Crippen molar-refractivity contribution in [3.8, 4) is 5.75 Å². The van der Waals surface area contributed by atoms with Gasteiger partial charge in [0.1, 0.15) is 17.9 Å². The van der Waals surface area contributed by atoms with Crippen LogP contribution >= 0.6 is 0 Å². The molecule has 0 bridgehead atoms. The van der Waals surface area contributed by atoms with Gasteiger partial charge in [0, 0.05) is 23.8 Å². The highest BCUT2D eigenvalue weighted by Crippen LogP contribution is 2.28. The lowest BCUT2D eigenvalue weighted by atomic mass is 10.2. The molecule has 2 aromatic carbocycles. The Morgan fingerprint density at radius 1 is 1.11 bits per heavy atom. The highest BCUT2D eigenvalue weighted by Gasteiger charge is 2.18. The van der Waals surface area contributed by atoms with Crippen molar-refractivity contribution in [1.82, 2.24) is 9.97 Å². The van der Waals surface area contributed by atoms with Crippen LogP contribution in [-0.2, 0) is 16.4 Å². The van der Waals surface area contributed by atoms with Crippen LogP contribution in [0.4, 0.5) is 5.82 Å². The lowest BCUT2D eigenvalue weighted by Crippen LogP contribution is -2.13. The first kappa shape index (κ1) is 18.7. The van der Waals surface area contributed by atoms with Crippen molar-refractivity contribution in [2.75, 3.05) is 11.6 Å². The summed E-state index contributed by atoms with van der Waals surface area (Å²) < 4.78 is 30.0. The summed E-state index contributed by atoms with van der Waals surface area (Å²) in [6, 6.07) is 12.9.